The minimum Gasteiger partial charge on any atom is -0.309 e. The van der Waals surface area contributed by atoms with Crippen molar-refractivity contribution in [1.82, 2.24) is 4.57 Å². The van der Waals surface area contributed by atoms with E-state index in [4.69, 9.17) is 0 Å². The summed E-state index contributed by atoms with van der Waals surface area (Å²) in [6.07, 6.45) is 0. The Labute approximate surface area is 231 Å². The maximum atomic E-state index is 2.43. The molecule has 0 spiro atoms. The predicted molar refractivity (Wildman–Crippen MR) is 169 cm³/mol. The zero-order valence-electron chi connectivity index (χ0n) is 21.6. The summed E-state index contributed by atoms with van der Waals surface area (Å²) >= 11 is 1.87. The Hall–Kier alpha value is -4.66. The lowest BCUT2D eigenvalue weighted by atomic mass is 9.98. The minimum atomic E-state index is 1.20. The largest absolute Gasteiger partial charge is 0.309 e. The molecule has 2 aromatic heterocycles. The quantitative estimate of drug-likeness (QED) is 0.220. The highest BCUT2D eigenvalue weighted by Gasteiger charge is 2.15. The Morgan fingerprint density at radius 1 is 0.436 bits per heavy atom. The zero-order chi connectivity index (χ0) is 25.9. The first-order valence-corrected chi connectivity index (χ1v) is 14.2. The maximum Gasteiger partial charge on any atom is 0.0547 e. The molecule has 184 valence electrons. The normalized spacial score (nSPS) is 11.7. The molecule has 2 heterocycles. The molecule has 0 fully saturated rings. The summed E-state index contributed by atoms with van der Waals surface area (Å²) < 4.78 is 5.10. The fourth-order valence-corrected chi connectivity index (χ4v) is 6.99. The fourth-order valence-electron chi connectivity index (χ4n) is 5.91. The number of rotatable bonds is 3. The number of hydrogen-bond donors (Lipinski definition) is 0. The highest BCUT2D eigenvalue weighted by Crippen LogP contribution is 2.39. The van der Waals surface area contributed by atoms with E-state index in [1.54, 1.807) is 0 Å². The third-order valence-electron chi connectivity index (χ3n) is 7.87. The van der Waals surface area contributed by atoms with Gasteiger partial charge in [0.15, 0.2) is 0 Å². The van der Waals surface area contributed by atoms with Gasteiger partial charge in [-0.1, -0.05) is 96.6 Å². The van der Waals surface area contributed by atoms with E-state index in [-0.39, 0.29) is 0 Å². The number of aromatic nitrogens is 1. The second-order valence-corrected chi connectivity index (χ2v) is 11.4. The molecular formula is C37H25NS. The first-order chi connectivity index (χ1) is 19.2. The Morgan fingerprint density at radius 2 is 1.10 bits per heavy atom. The van der Waals surface area contributed by atoms with E-state index in [0.717, 1.165) is 0 Å². The van der Waals surface area contributed by atoms with Crippen molar-refractivity contribution in [2.24, 2.45) is 0 Å². The van der Waals surface area contributed by atoms with Gasteiger partial charge < -0.3 is 4.57 Å². The average molecular weight is 516 g/mol. The molecule has 1 nitrogen and oxygen atoms in total. The van der Waals surface area contributed by atoms with Crippen LogP contribution in [0.1, 0.15) is 5.56 Å². The molecule has 0 radical (unpaired) electrons. The van der Waals surface area contributed by atoms with Crippen molar-refractivity contribution in [1.29, 1.82) is 0 Å². The van der Waals surface area contributed by atoms with Gasteiger partial charge in [-0.25, -0.2) is 0 Å². The predicted octanol–water partition coefficient (Wildman–Crippen LogP) is 10.8. The summed E-state index contributed by atoms with van der Waals surface area (Å²) in [4.78, 5) is 0. The summed E-state index contributed by atoms with van der Waals surface area (Å²) in [5.74, 6) is 0. The van der Waals surface area contributed by atoms with Crippen LogP contribution in [0, 0.1) is 6.92 Å². The van der Waals surface area contributed by atoms with Gasteiger partial charge in [-0.15, -0.1) is 11.3 Å². The van der Waals surface area contributed by atoms with Gasteiger partial charge in [0.1, 0.15) is 0 Å². The van der Waals surface area contributed by atoms with E-state index in [2.05, 4.69) is 145 Å². The second kappa shape index (κ2) is 8.69. The molecule has 0 aliphatic carbocycles. The van der Waals surface area contributed by atoms with Crippen LogP contribution in [0.4, 0.5) is 0 Å². The van der Waals surface area contributed by atoms with E-state index in [1.807, 2.05) is 11.3 Å². The Kier molecular flexibility index (Phi) is 4.98. The van der Waals surface area contributed by atoms with Crippen LogP contribution in [-0.2, 0) is 0 Å². The van der Waals surface area contributed by atoms with Gasteiger partial charge in [-0.3, -0.25) is 0 Å². The van der Waals surface area contributed by atoms with E-state index >= 15 is 0 Å². The van der Waals surface area contributed by atoms with Gasteiger partial charge in [0.2, 0.25) is 0 Å². The van der Waals surface area contributed by atoms with Crippen molar-refractivity contribution >= 4 is 53.3 Å². The molecule has 0 saturated heterocycles. The lowest BCUT2D eigenvalue weighted by Gasteiger charge is -2.10. The Morgan fingerprint density at radius 3 is 1.97 bits per heavy atom. The smallest absolute Gasteiger partial charge is 0.0547 e. The van der Waals surface area contributed by atoms with E-state index in [1.165, 1.54) is 75.5 Å². The van der Waals surface area contributed by atoms with Crippen LogP contribution in [0.3, 0.4) is 0 Å². The number of benzene rings is 6. The number of aryl methyl sites for hydroxylation is 1. The second-order valence-electron chi connectivity index (χ2n) is 10.3. The van der Waals surface area contributed by atoms with Crippen LogP contribution in [-0.4, -0.2) is 4.57 Å². The molecule has 0 N–H and O–H groups in total. The fraction of sp³-hybridized carbons (Fsp3) is 0.0270. The number of fused-ring (bicyclic) bond motifs is 6. The van der Waals surface area contributed by atoms with Crippen molar-refractivity contribution in [3.63, 3.8) is 0 Å². The minimum absolute atomic E-state index is 1.20. The van der Waals surface area contributed by atoms with Crippen molar-refractivity contribution in [2.45, 2.75) is 6.92 Å². The summed E-state index contributed by atoms with van der Waals surface area (Å²) in [7, 11) is 0. The molecule has 2 heteroatoms. The highest BCUT2D eigenvalue weighted by atomic mass is 32.1. The number of hydrogen-bond acceptors (Lipinski definition) is 1. The van der Waals surface area contributed by atoms with Crippen molar-refractivity contribution in [3.8, 4) is 27.9 Å². The molecule has 0 aliphatic heterocycles. The van der Waals surface area contributed by atoms with Crippen LogP contribution < -0.4 is 0 Å². The number of thiophene rings is 1. The molecule has 0 unspecified atom stereocenters. The molecule has 6 aromatic carbocycles. The zero-order valence-corrected chi connectivity index (χ0v) is 22.4. The third-order valence-corrected chi connectivity index (χ3v) is 9.02. The van der Waals surface area contributed by atoms with Crippen LogP contribution in [0.2, 0.25) is 0 Å². The lowest BCUT2D eigenvalue weighted by Crippen LogP contribution is -1.93. The highest BCUT2D eigenvalue weighted by molar-refractivity contribution is 7.25. The topological polar surface area (TPSA) is 4.93 Å². The SMILES string of the molecule is Cc1ccc(-c2cccc(-c3ccc4c5ccccc5n(-c5ccc6sc7ccccc7c6c5)c4c3)c2)cc1. The van der Waals surface area contributed by atoms with Gasteiger partial charge in [-0.05, 0) is 71.6 Å². The van der Waals surface area contributed by atoms with Gasteiger partial charge >= 0.3 is 0 Å². The molecule has 0 atom stereocenters. The molecule has 0 saturated carbocycles. The molecule has 0 bridgehead atoms. The number of para-hydroxylation sites is 1. The monoisotopic (exact) mass is 515 g/mol. The number of nitrogens with zero attached hydrogens (tertiary/aromatic N) is 1. The van der Waals surface area contributed by atoms with Gasteiger partial charge in [0, 0.05) is 36.6 Å². The summed E-state index contributed by atoms with van der Waals surface area (Å²) in [6.45, 7) is 2.13. The molecular weight excluding hydrogens is 490 g/mol. The van der Waals surface area contributed by atoms with Crippen molar-refractivity contribution in [2.75, 3.05) is 0 Å². The van der Waals surface area contributed by atoms with Crippen LogP contribution in [0.5, 0.6) is 0 Å². The molecule has 0 amide bonds. The first-order valence-electron chi connectivity index (χ1n) is 13.4. The Bertz CT molecular complexity index is 2180. The first kappa shape index (κ1) is 22.3. The molecule has 8 rings (SSSR count). The van der Waals surface area contributed by atoms with Crippen molar-refractivity contribution in [3.05, 3.63) is 139 Å². The van der Waals surface area contributed by atoms with Gasteiger partial charge in [0.25, 0.3) is 0 Å². The Balaban J connectivity index is 1.35. The molecule has 39 heavy (non-hydrogen) atoms. The summed E-state index contributed by atoms with van der Waals surface area (Å²) in [5, 5.41) is 5.21. The average Bonchev–Trinajstić information content (AvgIpc) is 3.52. The summed E-state index contributed by atoms with van der Waals surface area (Å²) in [6, 6.07) is 49.0. The summed E-state index contributed by atoms with van der Waals surface area (Å²) in [5.41, 5.74) is 9.88. The van der Waals surface area contributed by atoms with Gasteiger partial charge in [0.05, 0.1) is 11.0 Å². The maximum absolute atomic E-state index is 2.43. The van der Waals surface area contributed by atoms with Crippen molar-refractivity contribution < 1.29 is 0 Å². The van der Waals surface area contributed by atoms with Gasteiger partial charge in [-0.2, -0.15) is 0 Å². The van der Waals surface area contributed by atoms with E-state index in [0.29, 0.717) is 0 Å². The molecule has 8 aromatic rings. The van der Waals surface area contributed by atoms with Crippen LogP contribution in [0.15, 0.2) is 133 Å². The molecule has 0 aliphatic rings. The van der Waals surface area contributed by atoms with E-state index < -0.39 is 0 Å². The van der Waals surface area contributed by atoms with Crippen LogP contribution >= 0.6 is 11.3 Å². The lowest BCUT2D eigenvalue weighted by molar-refractivity contribution is 1.19. The van der Waals surface area contributed by atoms with Crippen LogP contribution in [0.25, 0.3) is 69.9 Å². The van der Waals surface area contributed by atoms with E-state index in [9.17, 15) is 0 Å². The standard InChI is InChI=1S/C37H25NS/c1-24-13-15-25(16-14-24)26-7-6-8-27(21-26)28-17-19-31-30-9-2-4-11-34(30)38(35(31)22-28)29-18-20-37-33(23-29)32-10-3-5-12-36(32)39-37/h2-23H,1H3. The third kappa shape index (κ3) is 3.60.